The first-order chi connectivity index (χ1) is 7.15. The SMILES string of the molecule is CC(O)NCc1ccc2nc(N)sc2c1. The number of thiazole rings is 1. The van der Waals surface area contributed by atoms with Crippen LogP contribution in [-0.4, -0.2) is 16.3 Å². The molecule has 0 saturated heterocycles. The first-order valence-electron chi connectivity index (χ1n) is 4.71. The lowest BCUT2D eigenvalue weighted by Gasteiger charge is -2.06. The van der Waals surface area contributed by atoms with Crippen LogP contribution >= 0.6 is 11.3 Å². The summed E-state index contributed by atoms with van der Waals surface area (Å²) in [6.45, 7) is 2.34. The minimum Gasteiger partial charge on any atom is -0.379 e. The number of aliphatic hydroxyl groups excluding tert-OH is 1. The normalized spacial score (nSPS) is 13.2. The lowest BCUT2D eigenvalue weighted by atomic mass is 10.2. The second kappa shape index (κ2) is 4.14. The van der Waals surface area contributed by atoms with Gasteiger partial charge in [-0.1, -0.05) is 17.4 Å². The number of rotatable bonds is 3. The zero-order chi connectivity index (χ0) is 10.8. The van der Waals surface area contributed by atoms with Crippen molar-refractivity contribution in [2.24, 2.45) is 0 Å². The minimum absolute atomic E-state index is 0.493. The largest absolute Gasteiger partial charge is 0.379 e. The molecule has 0 spiro atoms. The third-order valence-electron chi connectivity index (χ3n) is 2.07. The molecule has 4 N–H and O–H groups in total. The van der Waals surface area contributed by atoms with Gasteiger partial charge in [-0.25, -0.2) is 4.98 Å². The van der Waals surface area contributed by atoms with E-state index in [1.54, 1.807) is 6.92 Å². The highest BCUT2D eigenvalue weighted by atomic mass is 32.1. The van der Waals surface area contributed by atoms with E-state index in [-0.39, 0.29) is 0 Å². The van der Waals surface area contributed by atoms with Crippen molar-refractivity contribution in [1.82, 2.24) is 10.3 Å². The lowest BCUT2D eigenvalue weighted by molar-refractivity contribution is 0.155. The number of hydrogen-bond donors (Lipinski definition) is 3. The fourth-order valence-electron chi connectivity index (χ4n) is 1.36. The molecule has 2 aromatic rings. The molecule has 1 aromatic heterocycles. The second-order valence-corrected chi connectivity index (χ2v) is 4.47. The van der Waals surface area contributed by atoms with E-state index in [9.17, 15) is 0 Å². The number of aromatic nitrogens is 1. The Labute approximate surface area is 91.8 Å². The van der Waals surface area contributed by atoms with E-state index < -0.39 is 6.23 Å². The molecule has 5 heteroatoms. The van der Waals surface area contributed by atoms with Crippen molar-refractivity contribution >= 4 is 26.7 Å². The van der Waals surface area contributed by atoms with Crippen molar-refractivity contribution in [3.05, 3.63) is 23.8 Å². The summed E-state index contributed by atoms with van der Waals surface area (Å²) in [5, 5.41) is 12.6. The summed E-state index contributed by atoms with van der Waals surface area (Å²) < 4.78 is 1.08. The van der Waals surface area contributed by atoms with Gasteiger partial charge >= 0.3 is 0 Å². The predicted octanol–water partition coefficient (Wildman–Crippen LogP) is 1.31. The van der Waals surface area contributed by atoms with Crippen molar-refractivity contribution in [2.75, 3.05) is 5.73 Å². The van der Waals surface area contributed by atoms with Crippen LogP contribution in [0.25, 0.3) is 10.2 Å². The average molecular weight is 223 g/mol. The highest BCUT2D eigenvalue weighted by molar-refractivity contribution is 7.22. The van der Waals surface area contributed by atoms with E-state index >= 15 is 0 Å². The maximum Gasteiger partial charge on any atom is 0.181 e. The summed E-state index contributed by atoms with van der Waals surface area (Å²) in [5.41, 5.74) is 7.66. The van der Waals surface area contributed by atoms with Gasteiger partial charge in [0, 0.05) is 6.54 Å². The van der Waals surface area contributed by atoms with Crippen LogP contribution in [0.5, 0.6) is 0 Å². The number of hydrogen-bond acceptors (Lipinski definition) is 5. The molecule has 1 aromatic carbocycles. The van der Waals surface area contributed by atoms with Gasteiger partial charge in [0.05, 0.1) is 10.2 Å². The van der Waals surface area contributed by atoms with Crippen LogP contribution in [0.1, 0.15) is 12.5 Å². The summed E-state index contributed by atoms with van der Waals surface area (Å²) in [7, 11) is 0. The summed E-state index contributed by atoms with van der Waals surface area (Å²) in [5.74, 6) is 0. The first-order valence-corrected chi connectivity index (χ1v) is 5.53. The maximum absolute atomic E-state index is 9.09. The van der Waals surface area contributed by atoms with Gasteiger partial charge in [-0.05, 0) is 24.6 Å². The number of nitrogen functional groups attached to an aromatic ring is 1. The third-order valence-corrected chi connectivity index (χ3v) is 2.92. The Morgan fingerprint density at radius 3 is 3.13 bits per heavy atom. The number of fused-ring (bicyclic) bond motifs is 1. The Morgan fingerprint density at radius 2 is 2.40 bits per heavy atom. The zero-order valence-corrected chi connectivity index (χ0v) is 9.21. The average Bonchev–Trinajstić information content (AvgIpc) is 2.53. The second-order valence-electron chi connectivity index (χ2n) is 3.41. The molecular formula is C10H13N3OS. The van der Waals surface area contributed by atoms with Gasteiger partial charge in [-0.2, -0.15) is 0 Å². The van der Waals surface area contributed by atoms with E-state index in [4.69, 9.17) is 10.8 Å². The molecule has 4 nitrogen and oxygen atoms in total. The van der Waals surface area contributed by atoms with Gasteiger partial charge in [-0.15, -0.1) is 0 Å². The predicted molar refractivity (Wildman–Crippen MR) is 62.6 cm³/mol. The maximum atomic E-state index is 9.09. The number of nitrogens with zero attached hydrogens (tertiary/aromatic N) is 1. The fourth-order valence-corrected chi connectivity index (χ4v) is 2.16. The van der Waals surface area contributed by atoms with E-state index in [1.807, 2.05) is 18.2 Å². The number of aliphatic hydroxyl groups is 1. The van der Waals surface area contributed by atoms with Crippen molar-refractivity contribution in [3.63, 3.8) is 0 Å². The molecule has 0 saturated carbocycles. The van der Waals surface area contributed by atoms with Crippen molar-refractivity contribution in [1.29, 1.82) is 0 Å². The van der Waals surface area contributed by atoms with E-state index in [0.29, 0.717) is 11.7 Å². The van der Waals surface area contributed by atoms with Gasteiger partial charge < -0.3 is 10.8 Å². The van der Waals surface area contributed by atoms with Gasteiger partial charge in [0.25, 0.3) is 0 Å². The molecule has 0 aliphatic rings. The number of nitrogens with two attached hydrogens (primary N) is 1. The molecule has 0 bridgehead atoms. The number of benzene rings is 1. The Hall–Kier alpha value is -1.17. The Balaban J connectivity index is 2.22. The Morgan fingerprint density at radius 1 is 1.60 bits per heavy atom. The first kappa shape index (κ1) is 10.4. The standard InChI is InChI=1S/C10H13N3OS/c1-6(14)12-5-7-2-3-8-9(4-7)15-10(11)13-8/h2-4,6,12,14H,5H2,1H3,(H2,11,13). The fraction of sp³-hybridized carbons (Fsp3) is 0.300. The Kier molecular flexibility index (Phi) is 2.86. The highest BCUT2D eigenvalue weighted by Gasteiger charge is 2.02. The van der Waals surface area contributed by atoms with E-state index in [0.717, 1.165) is 15.8 Å². The van der Waals surface area contributed by atoms with Crippen molar-refractivity contribution in [3.8, 4) is 0 Å². The smallest absolute Gasteiger partial charge is 0.181 e. The van der Waals surface area contributed by atoms with Crippen LogP contribution in [0, 0.1) is 0 Å². The van der Waals surface area contributed by atoms with Gasteiger partial charge in [0.1, 0.15) is 6.23 Å². The molecule has 1 atom stereocenters. The van der Waals surface area contributed by atoms with E-state index in [1.165, 1.54) is 11.3 Å². The van der Waals surface area contributed by atoms with Crippen LogP contribution in [-0.2, 0) is 6.54 Å². The lowest BCUT2D eigenvalue weighted by Crippen LogP contribution is -2.24. The molecule has 80 valence electrons. The molecule has 0 fully saturated rings. The molecule has 1 unspecified atom stereocenters. The quantitative estimate of drug-likeness (QED) is 0.686. The van der Waals surface area contributed by atoms with Crippen molar-refractivity contribution in [2.45, 2.75) is 19.7 Å². The zero-order valence-electron chi connectivity index (χ0n) is 8.40. The van der Waals surface area contributed by atoms with Gasteiger partial charge in [0.15, 0.2) is 5.13 Å². The van der Waals surface area contributed by atoms with Crippen LogP contribution in [0.3, 0.4) is 0 Å². The molecule has 0 amide bonds. The number of nitrogens with one attached hydrogen (secondary N) is 1. The molecular weight excluding hydrogens is 210 g/mol. The van der Waals surface area contributed by atoms with Crippen LogP contribution in [0.15, 0.2) is 18.2 Å². The van der Waals surface area contributed by atoms with Crippen LogP contribution in [0.2, 0.25) is 0 Å². The van der Waals surface area contributed by atoms with Crippen LogP contribution < -0.4 is 11.1 Å². The summed E-state index contributed by atoms with van der Waals surface area (Å²) in [4.78, 5) is 4.18. The third kappa shape index (κ3) is 2.44. The highest BCUT2D eigenvalue weighted by Crippen LogP contribution is 2.24. The van der Waals surface area contributed by atoms with E-state index in [2.05, 4.69) is 10.3 Å². The molecule has 0 radical (unpaired) electrons. The molecule has 0 aliphatic heterocycles. The monoisotopic (exact) mass is 223 g/mol. The van der Waals surface area contributed by atoms with Gasteiger partial charge in [-0.3, -0.25) is 5.32 Å². The molecule has 1 heterocycles. The summed E-state index contributed by atoms with van der Waals surface area (Å²) >= 11 is 1.48. The van der Waals surface area contributed by atoms with Crippen molar-refractivity contribution < 1.29 is 5.11 Å². The summed E-state index contributed by atoms with van der Waals surface area (Å²) in [6, 6.07) is 5.97. The molecule has 15 heavy (non-hydrogen) atoms. The topological polar surface area (TPSA) is 71.2 Å². The minimum atomic E-state index is -0.493. The number of anilines is 1. The molecule has 0 aliphatic carbocycles. The Bertz CT molecular complexity index is 467. The van der Waals surface area contributed by atoms with Crippen LogP contribution in [0.4, 0.5) is 5.13 Å². The van der Waals surface area contributed by atoms with Gasteiger partial charge in [0.2, 0.25) is 0 Å². The molecule has 2 rings (SSSR count). The summed E-state index contributed by atoms with van der Waals surface area (Å²) in [6.07, 6.45) is -0.493.